The fourth-order valence-electron chi connectivity index (χ4n) is 2.78. The van der Waals surface area contributed by atoms with E-state index in [0.29, 0.717) is 12.1 Å². The van der Waals surface area contributed by atoms with E-state index in [4.69, 9.17) is 0 Å². The van der Waals surface area contributed by atoms with Gasteiger partial charge in [0.1, 0.15) is 27.6 Å². The van der Waals surface area contributed by atoms with Gasteiger partial charge in [0.15, 0.2) is 0 Å². The molecule has 1 aromatic carbocycles. The summed E-state index contributed by atoms with van der Waals surface area (Å²) in [5.74, 6) is -3.49. The smallest absolute Gasteiger partial charge is 0.419 e. The molecule has 0 aliphatic heterocycles. The quantitative estimate of drug-likeness (QED) is 0.393. The molecule has 0 radical (unpaired) electrons. The highest BCUT2D eigenvalue weighted by molar-refractivity contribution is 7.90. The number of hydrogen-bond acceptors (Lipinski definition) is 5. The molecule has 11 heteroatoms. The van der Waals surface area contributed by atoms with Gasteiger partial charge in [-0.05, 0) is 50.6 Å². The number of carbonyl (C=O) groups is 1. The number of ether oxygens (including phenoxy) is 1. The first kappa shape index (κ1) is 25.0. The average molecular weight is 464 g/mol. The van der Waals surface area contributed by atoms with Gasteiger partial charge in [0.2, 0.25) is 0 Å². The second-order valence-electron chi connectivity index (χ2n) is 7.67. The lowest BCUT2D eigenvalue weighted by Gasteiger charge is -2.37. The largest absolute Gasteiger partial charge is 0.598 e. The van der Waals surface area contributed by atoms with Gasteiger partial charge in [-0.25, -0.2) is 8.78 Å². The van der Waals surface area contributed by atoms with Crippen LogP contribution in [0.25, 0.3) is 0 Å². The molecule has 0 saturated heterocycles. The van der Waals surface area contributed by atoms with Crippen LogP contribution in [0.3, 0.4) is 0 Å². The van der Waals surface area contributed by atoms with E-state index in [1.54, 1.807) is 20.8 Å². The highest BCUT2D eigenvalue weighted by Crippen LogP contribution is 2.39. The number of esters is 1. The highest BCUT2D eigenvalue weighted by Gasteiger charge is 2.48. The molecule has 1 heterocycles. The summed E-state index contributed by atoms with van der Waals surface area (Å²) in [5.41, 5.74) is -4.35. The van der Waals surface area contributed by atoms with Crippen LogP contribution in [0.15, 0.2) is 36.5 Å². The Bertz CT molecular complexity index is 949. The zero-order valence-electron chi connectivity index (χ0n) is 17.1. The summed E-state index contributed by atoms with van der Waals surface area (Å²) < 4.78 is 87.7. The lowest BCUT2D eigenvalue weighted by atomic mass is 9.83. The number of nitrogens with zero attached hydrogens (tertiary/aromatic N) is 1. The third-order valence-corrected chi connectivity index (χ3v) is 6.04. The first-order chi connectivity index (χ1) is 14.2. The second-order valence-corrected chi connectivity index (χ2v) is 9.63. The van der Waals surface area contributed by atoms with Gasteiger partial charge in [0.25, 0.3) is 0 Å². The number of benzene rings is 1. The third kappa shape index (κ3) is 5.52. The Labute approximate surface area is 179 Å². The van der Waals surface area contributed by atoms with Gasteiger partial charge in [-0.1, -0.05) is 6.07 Å². The molecule has 0 aliphatic rings. The minimum atomic E-state index is -4.97. The van der Waals surface area contributed by atoms with Crippen molar-refractivity contribution in [3.05, 3.63) is 65.0 Å². The number of carbonyl (C=O) groups excluding carboxylic acids is 1. The number of aromatic nitrogens is 1. The van der Waals surface area contributed by atoms with Crippen molar-refractivity contribution in [2.75, 3.05) is 7.11 Å². The Morgan fingerprint density at radius 1 is 1.16 bits per heavy atom. The number of pyridine rings is 1. The van der Waals surface area contributed by atoms with Crippen molar-refractivity contribution in [2.24, 2.45) is 0 Å². The van der Waals surface area contributed by atoms with E-state index in [2.05, 4.69) is 14.4 Å². The van der Waals surface area contributed by atoms with Crippen LogP contribution < -0.4 is 4.72 Å². The van der Waals surface area contributed by atoms with E-state index in [1.807, 2.05) is 0 Å². The summed E-state index contributed by atoms with van der Waals surface area (Å²) in [6.45, 7) is 4.75. The third-order valence-electron chi connectivity index (χ3n) is 4.39. The van der Waals surface area contributed by atoms with E-state index < -0.39 is 63.1 Å². The Morgan fingerprint density at radius 2 is 1.81 bits per heavy atom. The van der Waals surface area contributed by atoms with E-state index in [0.717, 1.165) is 19.2 Å². The molecule has 0 saturated carbocycles. The highest BCUT2D eigenvalue weighted by atomic mass is 32.2. The second kappa shape index (κ2) is 9.09. The van der Waals surface area contributed by atoms with E-state index in [1.165, 1.54) is 12.3 Å². The van der Waals surface area contributed by atoms with Crippen molar-refractivity contribution in [3.63, 3.8) is 0 Å². The van der Waals surface area contributed by atoms with Crippen molar-refractivity contribution in [3.8, 4) is 0 Å². The van der Waals surface area contributed by atoms with Crippen molar-refractivity contribution in [2.45, 2.75) is 43.7 Å². The van der Waals surface area contributed by atoms with Crippen LogP contribution in [0.2, 0.25) is 0 Å². The fourth-order valence-corrected chi connectivity index (χ4v) is 3.69. The van der Waals surface area contributed by atoms with Crippen molar-refractivity contribution in [1.29, 1.82) is 0 Å². The molecule has 5 nitrogen and oxygen atoms in total. The Balaban J connectivity index is 2.83. The predicted octanol–water partition coefficient (Wildman–Crippen LogP) is 4.24. The normalized spacial score (nSPS) is 15.3. The Hall–Kier alpha value is -2.24. The van der Waals surface area contributed by atoms with Crippen LogP contribution in [0.5, 0.6) is 0 Å². The maximum absolute atomic E-state index is 14.8. The SMILES string of the molecule is COC(=O)C[C@](N[S+]([O-])C(C)(C)C)(c1ccc(C(F)(F)F)c(F)c1)c1ncccc1F. The number of methoxy groups -OCH3 is 1. The minimum absolute atomic E-state index is 0.279. The summed E-state index contributed by atoms with van der Waals surface area (Å²) in [4.78, 5) is 16.2. The minimum Gasteiger partial charge on any atom is -0.598 e. The van der Waals surface area contributed by atoms with E-state index in [-0.39, 0.29) is 5.56 Å². The number of alkyl halides is 3. The Morgan fingerprint density at radius 3 is 2.29 bits per heavy atom. The molecule has 0 amide bonds. The van der Waals surface area contributed by atoms with Gasteiger partial charge >= 0.3 is 12.1 Å². The molecule has 170 valence electrons. The molecular weight excluding hydrogens is 443 g/mol. The monoisotopic (exact) mass is 464 g/mol. The predicted molar refractivity (Wildman–Crippen MR) is 104 cm³/mol. The summed E-state index contributed by atoms with van der Waals surface area (Å²) in [5, 5.41) is 0. The fraction of sp³-hybridized carbons (Fsp3) is 0.400. The number of hydrogen-bond donors (Lipinski definition) is 1. The van der Waals surface area contributed by atoms with Crippen LogP contribution in [0.4, 0.5) is 22.0 Å². The van der Waals surface area contributed by atoms with E-state index in [9.17, 15) is 31.3 Å². The van der Waals surface area contributed by atoms with E-state index >= 15 is 0 Å². The molecule has 1 unspecified atom stereocenters. The lowest BCUT2D eigenvalue weighted by Crippen LogP contribution is -2.54. The topological polar surface area (TPSA) is 74.3 Å². The molecule has 0 aliphatic carbocycles. The molecule has 2 atom stereocenters. The number of rotatable bonds is 6. The first-order valence-corrected chi connectivity index (χ1v) is 10.1. The molecule has 0 bridgehead atoms. The molecule has 31 heavy (non-hydrogen) atoms. The molecule has 1 aromatic heterocycles. The van der Waals surface area contributed by atoms with Crippen molar-refractivity contribution < 1.29 is 36.0 Å². The van der Waals surface area contributed by atoms with Crippen LogP contribution >= 0.6 is 0 Å². The standard InChI is InChI=1S/C20H21F5N2O3S/c1-18(2,3)31(29)27-19(11-16(28)30-4,17-14(21)6-5-9-26-17)12-7-8-13(15(22)10-12)20(23,24)25/h5-10,27H,11H2,1-4H3/t19-,31?/m0/s1. The number of halogens is 5. The van der Waals surface area contributed by atoms with Gasteiger partial charge < -0.3 is 9.29 Å². The van der Waals surface area contributed by atoms with Gasteiger partial charge in [-0.15, -0.1) is 4.72 Å². The molecule has 0 fully saturated rings. The molecule has 2 rings (SSSR count). The zero-order chi connectivity index (χ0) is 23.6. The molecular formula is C20H21F5N2O3S. The molecule has 1 N–H and O–H groups in total. The van der Waals surface area contributed by atoms with Crippen LogP contribution in [-0.2, 0) is 32.6 Å². The first-order valence-electron chi connectivity index (χ1n) is 8.97. The summed E-state index contributed by atoms with van der Waals surface area (Å²) in [7, 11) is 1.05. The van der Waals surface area contributed by atoms with Crippen molar-refractivity contribution in [1.82, 2.24) is 9.71 Å². The Kier molecular flexibility index (Phi) is 7.34. The van der Waals surface area contributed by atoms with Gasteiger partial charge in [-0.2, -0.15) is 13.2 Å². The van der Waals surface area contributed by atoms with Gasteiger partial charge in [0.05, 0.1) is 19.1 Å². The summed E-state index contributed by atoms with van der Waals surface area (Å²) in [6, 6.07) is 4.15. The molecule has 2 aromatic rings. The lowest BCUT2D eigenvalue weighted by molar-refractivity contribution is -0.142. The number of nitrogens with one attached hydrogen (secondary N) is 1. The van der Waals surface area contributed by atoms with Crippen LogP contribution in [0.1, 0.15) is 44.0 Å². The zero-order valence-corrected chi connectivity index (χ0v) is 18.0. The maximum atomic E-state index is 14.8. The van der Waals surface area contributed by atoms with Crippen molar-refractivity contribution >= 4 is 17.3 Å². The van der Waals surface area contributed by atoms with Crippen LogP contribution in [0, 0.1) is 11.6 Å². The molecule has 0 spiro atoms. The summed E-state index contributed by atoms with van der Waals surface area (Å²) in [6.07, 6.45) is -4.50. The van der Waals surface area contributed by atoms with Crippen LogP contribution in [-0.4, -0.2) is 27.4 Å². The van der Waals surface area contributed by atoms with Gasteiger partial charge in [-0.3, -0.25) is 9.78 Å². The maximum Gasteiger partial charge on any atom is 0.419 e. The summed E-state index contributed by atoms with van der Waals surface area (Å²) >= 11 is -1.97. The average Bonchev–Trinajstić information content (AvgIpc) is 2.65. The van der Waals surface area contributed by atoms with Gasteiger partial charge in [0, 0.05) is 17.6 Å².